The molecule has 78 valence electrons. The monoisotopic (exact) mass is 186 g/mol. The molecule has 1 saturated heterocycles. The maximum absolute atomic E-state index is 5.55. The van der Waals surface area contributed by atoms with Crippen LogP contribution in [0.15, 0.2) is 0 Å². The van der Waals surface area contributed by atoms with Crippen LogP contribution >= 0.6 is 0 Å². The molecule has 1 aliphatic heterocycles. The molecule has 1 aliphatic rings. The number of hydrogen-bond acceptors (Lipinski definition) is 3. The first kappa shape index (κ1) is 11.0. The van der Waals surface area contributed by atoms with Gasteiger partial charge in [0.25, 0.3) is 0 Å². The SMILES string of the molecule is CC(CN)OCCC1CCCN1C. The second-order valence-electron chi connectivity index (χ2n) is 3.98. The number of nitrogens with two attached hydrogens (primary N) is 1. The highest BCUT2D eigenvalue weighted by Gasteiger charge is 2.20. The molecule has 1 heterocycles. The number of hydrogen-bond donors (Lipinski definition) is 1. The van der Waals surface area contributed by atoms with E-state index < -0.39 is 0 Å². The van der Waals surface area contributed by atoms with E-state index in [1.807, 2.05) is 6.92 Å². The van der Waals surface area contributed by atoms with Crippen LogP contribution in [0.3, 0.4) is 0 Å². The predicted molar refractivity (Wildman–Crippen MR) is 54.7 cm³/mol. The van der Waals surface area contributed by atoms with Gasteiger partial charge in [-0.05, 0) is 39.8 Å². The highest BCUT2D eigenvalue weighted by atomic mass is 16.5. The van der Waals surface area contributed by atoms with Crippen molar-refractivity contribution >= 4 is 0 Å². The van der Waals surface area contributed by atoms with Crippen LogP contribution in [-0.2, 0) is 4.74 Å². The van der Waals surface area contributed by atoms with Crippen molar-refractivity contribution < 1.29 is 4.74 Å². The molecular formula is C10H22N2O. The van der Waals surface area contributed by atoms with Gasteiger partial charge in [0, 0.05) is 19.2 Å². The fourth-order valence-electron chi connectivity index (χ4n) is 1.82. The van der Waals surface area contributed by atoms with E-state index in [0.29, 0.717) is 6.54 Å². The van der Waals surface area contributed by atoms with Crippen LogP contribution in [0.4, 0.5) is 0 Å². The third-order valence-corrected chi connectivity index (χ3v) is 2.86. The van der Waals surface area contributed by atoms with Crippen molar-refractivity contribution in [1.29, 1.82) is 0 Å². The second kappa shape index (κ2) is 5.58. The maximum Gasteiger partial charge on any atom is 0.0669 e. The standard InChI is InChI=1S/C10H22N2O/c1-9(8-11)13-7-5-10-4-3-6-12(10)2/h9-10H,3-8,11H2,1-2H3. The molecule has 3 nitrogen and oxygen atoms in total. The van der Waals surface area contributed by atoms with Crippen LogP contribution in [-0.4, -0.2) is 43.8 Å². The normalized spacial score (nSPS) is 26.5. The molecular weight excluding hydrogens is 164 g/mol. The molecule has 0 spiro atoms. The summed E-state index contributed by atoms with van der Waals surface area (Å²) in [5, 5.41) is 0. The lowest BCUT2D eigenvalue weighted by Crippen LogP contribution is -2.28. The summed E-state index contributed by atoms with van der Waals surface area (Å²) in [5.74, 6) is 0. The summed E-state index contributed by atoms with van der Waals surface area (Å²) in [5.41, 5.74) is 5.46. The van der Waals surface area contributed by atoms with Crippen LogP contribution in [0.1, 0.15) is 26.2 Å². The fraction of sp³-hybridized carbons (Fsp3) is 1.00. The van der Waals surface area contributed by atoms with Crippen LogP contribution < -0.4 is 5.73 Å². The topological polar surface area (TPSA) is 38.5 Å². The quantitative estimate of drug-likeness (QED) is 0.691. The first-order valence-corrected chi connectivity index (χ1v) is 5.26. The summed E-state index contributed by atoms with van der Waals surface area (Å²) >= 11 is 0. The average molecular weight is 186 g/mol. The van der Waals surface area contributed by atoms with Gasteiger partial charge in [-0.25, -0.2) is 0 Å². The molecule has 0 amide bonds. The van der Waals surface area contributed by atoms with Gasteiger partial charge in [0.1, 0.15) is 0 Å². The summed E-state index contributed by atoms with van der Waals surface area (Å²) in [6, 6.07) is 0.741. The molecule has 0 aliphatic carbocycles. The second-order valence-corrected chi connectivity index (χ2v) is 3.98. The molecule has 0 bridgehead atoms. The highest BCUT2D eigenvalue weighted by Crippen LogP contribution is 2.17. The van der Waals surface area contributed by atoms with E-state index in [1.54, 1.807) is 0 Å². The van der Waals surface area contributed by atoms with E-state index >= 15 is 0 Å². The van der Waals surface area contributed by atoms with Crippen LogP contribution in [0.25, 0.3) is 0 Å². The third-order valence-electron chi connectivity index (χ3n) is 2.86. The van der Waals surface area contributed by atoms with Gasteiger partial charge < -0.3 is 15.4 Å². The number of likely N-dealkylation sites (tertiary alicyclic amines) is 1. The van der Waals surface area contributed by atoms with Crippen LogP contribution in [0.2, 0.25) is 0 Å². The molecule has 1 fully saturated rings. The van der Waals surface area contributed by atoms with Crippen molar-refractivity contribution in [2.45, 2.75) is 38.3 Å². The molecule has 1 rings (SSSR count). The molecule has 0 aromatic carbocycles. The third kappa shape index (κ3) is 3.63. The van der Waals surface area contributed by atoms with E-state index in [1.165, 1.54) is 19.4 Å². The van der Waals surface area contributed by atoms with E-state index in [0.717, 1.165) is 19.1 Å². The molecule has 2 unspecified atom stereocenters. The summed E-state index contributed by atoms with van der Waals surface area (Å²) in [6.07, 6.45) is 4.04. The smallest absolute Gasteiger partial charge is 0.0669 e. The number of ether oxygens (including phenoxy) is 1. The van der Waals surface area contributed by atoms with Crippen molar-refractivity contribution in [2.75, 3.05) is 26.7 Å². The fourth-order valence-corrected chi connectivity index (χ4v) is 1.82. The minimum absolute atomic E-state index is 0.215. The van der Waals surface area contributed by atoms with Gasteiger partial charge in [0.05, 0.1) is 6.10 Å². The highest BCUT2D eigenvalue weighted by molar-refractivity contribution is 4.75. The number of rotatable bonds is 5. The van der Waals surface area contributed by atoms with E-state index in [4.69, 9.17) is 10.5 Å². The van der Waals surface area contributed by atoms with Gasteiger partial charge in [0.2, 0.25) is 0 Å². The molecule has 2 N–H and O–H groups in total. The van der Waals surface area contributed by atoms with Crippen molar-refractivity contribution in [3.63, 3.8) is 0 Å². The molecule has 3 heteroatoms. The molecule has 0 aromatic rings. The van der Waals surface area contributed by atoms with Crippen LogP contribution in [0.5, 0.6) is 0 Å². The minimum atomic E-state index is 0.215. The first-order valence-electron chi connectivity index (χ1n) is 5.26. The number of nitrogens with zero attached hydrogens (tertiary/aromatic N) is 1. The van der Waals surface area contributed by atoms with Gasteiger partial charge >= 0.3 is 0 Å². The van der Waals surface area contributed by atoms with Crippen molar-refractivity contribution in [3.05, 3.63) is 0 Å². The molecule has 2 atom stereocenters. The Bertz CT molecular complexity index is 141. The summed E-state index contributed by atoms with van der Waals surface area (Å²) in [6.45, 7) is 4.75. The van der Waals surface area contributed by atoms with Gasteiger partial charge in [-0.3, -0.25) is 0 Å². The Morgan fingerprint density at radius 2 is 2.38 bits per heavy atom. The molecule has 13 heavy (non-hydrogen) atoms. The molecule has 0 radical (unpaired) electrons. The summed E-state index contributed by atoms with van der Waals surface area (Å²) in [7, 11) is 2.20. The van der Waals surface area contributed by atoms with Gasteiger partial charge in [-0.1, -0.05) is 0 Å². The Hall–Kier alpha value is -0.120. The van der Waals surface area contributed by atoms with Crippen molar-refractivity contribution in [1.82, 2.24) is 4.90 Å². The van der Waals surface area contributed by atoms with Gasteiger partial charge in [0.15, 0.2) is 0 Å². The lowest BCUT2D eigenvalue weighted by atomic mass is 10.1. The Kier molecular flexibility index (Phi) is 4.70. The van der Waals surface area contributed by atoms with Crippen molar-refractivity contribution in [3.8, 4) is 0 Å². The first-order chi connectivity index (χ1) is 6.24. The Balaban J connectivity index is 2.05. The zero-order valence-corrected chi connectivity index (χ0v) is 8.83. The Morgan fingerprint density at radius 1 is 1.62 bits per heavy atom. The minimum Gasteiger partial charge on any atom is -0.377 e. The van der Waals surface area contributed by atoms with Crippen molar-refractivity contribution in [2.24, 2.45) is 5.73 Å². The maximum atomic E-state index is 5.55. The van der Waals surface area contributed by atoms with Crippen LogP contribution in [0, 0.1) is 0 Å². The molecule has 0 aromatic heterocycles. The Morgan fingerprint density at radius 3 is 2.92 bits per heavy atom. The lowest BCUT2D eigenvalue weighted by Gasteiger charge is -2.20. The lowest BCUT2D eigenvalue weighted by molar-refractivity contribution is 0.0591. The van der Waals surface area contributed by atoms with Gasteiger partial charge in [-0.2, -0.15) is 0 Å². The Labute approximate surface area is 81.2 Å². The van der Waals surface area contributed by atoms with E-state index in [9.17, 15) is 0 Å². The van der Waals surface area contributed by atoms with E-state index in [-0.39, 0.29) is 6.10 Å². The zero-order valence-electron chi connectivity index (χ0n) is 8.83. The van der Waals surface area contributed by atoms with E-state index in [2.05, 4.69) is 11.9 Å². The zero-order chi connectivity index (χ0) is 9.68. The summed E-state index contributed by atoms with van der Waals surface area (Å²) in [4.78, 5) is 2.43. The largest absolute Gasteiger partial charge is 0.377 e. The molecule has 0 saturated carbocycles. The average Bonchev–Trinajstić information content (AvgIpc) is 2.52. The predicted octanol–water partition coefficient (Wildman–Crippen LogP) is 0.835. The summed E-state index contributed by atoms with van der Waals surface area (Å²) < 4.78 is 5.55. The van der Waals surface area contributed by atoms with Gasteiger partial charge in [-0.15, -0.1) is 0 Å².